The predicted molar refractivity (Wildman–Crippen MR) is 105 cm³/mol. The Morgan fingerprint density at radius 1 is 1.31 bits per heavy atom. The van der Waals surface area contributed by atoms with Crippen molar-refractivity contribution >= 4 is 36.7 Å². The number of aromatic nitrogens is 4. The molecule has 1 aliphatic heterocycles. The minimum atomic E-state index is -0.401. The lowest BCUT2D eigenvalue weighted by Gasteiger charge is -2.33. The molecule has 1 aliphatic rings. The molecule has 0 saturated carbocycles. The first kappa shape index (κ1) is 22.1. The van der Waals surface area contributed by atoms with E-state index in [-0.39, 0.29) is 36.8 Å². The van der Waals surface area contributed by atoms with Crippen molar-refractivity contribution in [2.45, 2.75) is 24.9 Å². The quantitative estimate of drug-likeness (QED) is 0.779. The van der Waals surface area contributed by atoms with Gasteiger partial charge < -0.3 is 15.5 Å². The number of hydrogen-bond acceptors (Lipinski definition) is 6. The standard InChI is InChI=1S/C16H23N7O.2ClH/c1-17-14(12-9-20-22(2)10-12)15(24)21-13-5-3-8-23(11-13)16-18-6-4-7-19-16;;/h4,6-7,9-10,13-14,17H,3,5,8,11H2,1-2H3,(H,21,24);2*1H. The van der Waals surface area contributed by atoms with Crippen molar-refractivity contribution in [3.8, 4) is 0 Å². The molecule has 0 aromatic carbocycles. The molecule has 0 aliphatic carbocycles. The maximum Gasteiger partial charge on any atom is 0.242 e. The zero-order valence-corrected chi connectivity index (χ0v) is 16.5. The summed E-state index contributed by atoms with van der Waals surface area (Å²) in [4.78, 5) is 23.3. The van der Waals surface area contributed by atoms with Crippen molar-refractivity contribution in [3.63, 3.8) is 0 Å². The molecule has 3 rings (SSSR count). The second-order valence-electron chi connectivity index (χ2n) is 6.01. The number of aryl methyl sites for hydroxylation is 1. The Labute approximate surface area is 165 Å². The van der Waals surface area contributed by atoms with E-state index in [0.29, 0.717) is 5.95 Å². The Morgan fingerprint density at radius 2 is 2.04 bits per heavy atom. The Hall–Kier alpha value is -1.90. The normalized spacial score (nSPS) is 17.6. The highest BCUT2D eigenvalue weighted by Gasteiger charge is 2.26. The second kappa shape index (κ2) is 10.3. The molecule has 0 spiro atoms. The fourth-order valence-corrected chi connectivity index (χ4v) is 3.05. The number of nitrogens with one attached hydrogen (secondary N) is 2. The van der Waals surface area contributed by atoms with Gasteiger partial charge in [-0.1, -0.05) is 0 Å². The molecule has 1 saturated heterocycles. The van der Waals surface area contributed by atoms with Crippen LogP contribution in [0.3, 0.4) is 0 Å². The van der Waals surface area contributed by atoms with Gasteiger partial charge >= 0.3 is 0 Å². The molecule has 2 atom stereocenters. The first-order chi connectivity index (χ1) is 11.7. The number of rotatable bonds is 5. The van der Waals surface area contributed by atoms with Crippen LogP contribution in [0.4, 0.5) is 5.95 Å². The largest absolute Gasteiger partial charge is 0.350 e. The molecule has 1 fully saturated rings. The summed E-state index contributed by atoms with van der Waals surface area (Å²) in [7, 11) is 3.62. The van der Waals surface area contributed by atoms with E-state index in [9.17, 15) is 4.79 Å². The van der Waals surface area contributed by atoms with E-state index in [1.54, 1.807) is 36.4 Å². The van der Waals surface area contributed by atoms with E-state index >= 15 is 0 Å². The maximum absolute atomic E-state index is 12.6. The molecule has 2 aromatic heterocycles. The highest BCUT2D eigenvalue weighted by atomic mass is 35.5. The van der Waals surface area contributed by atoms with Gasteiger partial charge in [0, 0.05) is 50.3 Å². The van der Waals surface area contributed by atoms with Crippen LogP contribution in [0.5, 0.6) is 0 Å². The third kappa shape index (κ3) is 5.30. The molecule has 2 unspecified atom stereocenters. The lowest BCUT2D eigenvalue weighted by atomic mass is 10.0. The van der Waals surface area contributed by atoms with Crippen molar-refractivity contribution in [1.82, 2.24) is 30.4 Å². The summed E-state index contributed by atoms with van der Waals surface area (Å²) in [5.74, 6) is 0.681. The van der Waals surface area contributed by atoms with E-state index in [0.717, 1.165) is 31.5 Å². The molecule has 2 aromatic rings. The molecule has 26 heavy (non-hydrogen) atoms. The van der Waals surface area contributed by atoms with Gasteiger partial charge in [0.25, 0.3) is 0 Å². The topological polar surface area (TPSA) is 88.0 Å². The van der Waals surface area contributed by atoms with Crippen molar-refractivity contribution < 1.29 is 4.79 Å². The minimum absolute atomic E-state index is 0. The number of piperidine rings is 1. The lowest BCUT2D eigenvalue weighted by Crippen LogP contribution is -2.50. The van der Waals surface area contributed by atoms with Crippen molar-refractivity contribution in [1.29, 1.82) is 0 Å². The van der Waals surface area contributed by atoms with Crippen LogP contribution in [0, 0.1) is 0 Å². The molecule has 8 nitrogen and oxygen atoms in total. The molecule has 3 heterocycles. The number of carbonyl (C=O) groups excluding carboxylic acids is 1. The van der Waals surface area contributed by atoms with Crippen molar-refractivity contribution in [2.24, 2.45) is 7.05 Å². The number of carbonyl (C=O) groups is 1. The van der Waals surface area contributed by atoms with E-state index < -0.39 is 6.04 Å². The summed E-state index contributed by atoms with van der Waals surface area (Å²) in [6.07, 6.45) is 9.00. The van der Waals surface area contributed by atoms with Crippen LogP contribution in [-0.4, -0.2) is 51.8 Å². The van der Waals surface area contributed by atoms with Gasteiger partial charge in [-0.3, -0.25) is 9.48 Å². The number of hydrogen-bond donors (Lipinski definition) is 2. The number of amides is 1. The first-order valence-electron chi connectivity index (χ1n) is 8.15. The van der Waals surface area contributed by atoms with Gasteiger partial charge in [0.2, 0.25) is 11.9 Å². The van der Waals surface area contributed by atoms with Crippen LogP contribution in [0.2, 0.25) is 0 Å². The summed E-state index contributed by atoms with van der Waals surface area (Å²) in [5.41, 5.74) is 0.858. The summed E-state index contributed by atoms with van der Waals surface area (Å²) in [6.45, 7) is 1.63. The average Bonchev–Trinajstić information content (AvgIpc) is 3.02. The average molecular weight is 402 g/mol. The van der Waals surface area contributed by atoms with Crippen LogP contribution in [0.25, 0.3) is 0 Å². The van der Waals surface area contributed by atoms with E-state index in [1.165, 1.54) is 0 Å². The van der Waals surface area contributed by atoms with Gasteiger partial charge in [-0.25, -0.2) is 9.97 Å². The molecular weight excluding hydrogens is 377 g/mol. The third-order valence-electron chi connectivity index (χ3n) is 4.21. The van der Waals surface area contributed by atoms with Gasteiger partial charge in [-0.15, -0.1) is 24.8 Å². The predicted octanol–water partition coefficient (Wildman–Crippen LogP) is 1.10. The number of likely N-dealkylation sites (N-methyl/N-ethyl adjacent to an activating group) is 1. The zero-order valence-electron chi connectivity index (χ0n) is 14.8. The van der Waals surface area contributed by atoms with Gasteiger partial charge in [-0.05, 0) is 26.0 Å². The maximum atomic E-state index is 12.6. The number of halogens is 2. The number of anilines is 1. The Bertz CT molecular complexity index is 682. The summed E-state index contributed by atoms with van der Waals surface area (Å²) >= 11 is 0. The molecule has 144 valence electrons. The van der Waals surface area contributed by atoms with Gasteiger partial charge in [0.05, 0.1) is 6.20 Å². The summed E-state index contributed by atoms with van der Waals surface area (Å²) in [5, 5.41) is 10.3. The van der Waals surface area contributed by atoms with E-state index in [1.807, 2.05) is 13.2 Å². The van der Waals surface area contributed by atoms with E-state index in [2.05, 4.69) is 30.6 Å². The Morgan fingerprint density at radius 3 is 2.65 bits per heavy atom. The summed E-state index contributed by atoms with van der Waals surface area (Å²) in [6, 6.07) is 1.49. The smallest absolute Gasteiger partial charge is 0.242 e. The molecule has 2 N–H and O–H groups in total. The lowest BCUT2D eigenvalue weighted by molar-refractivity contribution is -0.124. The molecule has 0 radical (unpaired) electrons. The van der Waals surface area contributed by atoms with Gasteiger partial charge in [0.1, 0.15) is 6.04 Å². The van der Waals surface area contributed by atoms with Crippen LogP contribution in [-0.2, 0) is 11.8 Å². The highest BCUT2D eigenvalue weighted by Crippen LogP contribution is 2.17. The molecule has 10 heteroatoms. The van der Waals surface area contributed by atoms with Crippen LogP contribution < -0.4 is 15.5 Å². The van der Waals surface area contributed by atoms with Crippen LogP contribution in [0.1, 0.15) is 24.4 Å². The second-order valence-corrected chi connectivity index (χ2v) is 6.01. The minimum Gasteiger partial charge on any atom is -0.350 e. The molecule has 0 bridgehead atoms. The first-order valence-corrected chi connectivity index (χ1v) is 8.15. The fourth-order valence-electron chi connectivity index (χ4n) is 3.05. The van der Waals surface area contributed by atoms with Gasteiger partial charge in [0.15, 0.2) is 0 Å². The fraction of sp³-hybridized carbons (Fsp3) is 0.500. The van der Waals surface area contributed by atoms with Gasteiger partial charge in [-0.2, -0.15) is 5.10 Å². The zero-order chi connectivity index (χ0) is 16.9. The highest BCUT2D eigenvalue weighted by molar-refractivity contribution is 5.85. The van der Waals surface area contributed by atoms with E-state index in [4.69, 9.17) is 0 Å². The Balaban J connectivity index is 0.00000169. The Kier molecular flexibility index (Phi) is 8.77. The molecule has 1 amide bonds. The monoisotopic (exact) mass is 401 g/mol. The molecular formula is C16H25Cl2N7O. The SMILES string of the molecule is CNC(C(=O)NC1CCCN(c2ncccn2)C1)c1cnn(C)c1.Cl.Cl. The van der Waals surface area contributed by atoms with Crippen molar-refractivity contribution in [3.05, 3.63) is 36.4 Å². The number of nitrogens with zero attached hydrogens (tertiary/aromatic N) is 5. The van der Waals surface area contributed by atoms with Crippen LogP contribution >= 0.6 is 24.8 Å². The van der Waals surface area contributed by atoms with Crippen LogP contribution in [0.15, 0.2) is 30.9 Å². The third-order valence-corrected chi connectivity index (χ3v) is 4.21. The van der Waals surface area contributed by atoms with Crippen molar-refractivity contribution in [2.75, 3.05) is 25.0 Å². The summed E-state index contributed by atoms with van der Waals surface area (Å²) < 4.78 is 1.70.